The Morgan fingerprint density at radius 3 is 2.65 bits per heavy atom. The number of rotatable bonds is 6. The Balaban J connectivity index is 1.46. The van der Waals surface area contributed by atoms with Crippen molar-refractivity contribution in [3.63, 3.8) is 0 Å². The molecule has 2 heterocycles. The van der Waals surface area contributed by atoms with Crippen molar-refractivity contribution in [2.24, 2.45) is 10.7 Å². The molecule has 1 aliphatic heterocycles. The second-order valence-corrected chi connectivity index (χ2v) is 11.8. The highest BCUT2D eigenvalue weighted by Gasteiger charge is 2.40. The van der Waals surface area contributed by atoms with Gasteiger partial charge in [-0.25, -0.2) is 9.79 Å². The Bertz CT molecular complexity index is 1330. The zero-order chi connectivity index (χ0) is 26.1. The van der Waals surface area contributed by atoms with E-state index in [2.05, 4.69) is 10.6 Å². The molecule has 0 saturated heterocycles. The van der Waals surface area contributed by atoms with E-state index in [9.17, 15) is 14.4 Å². The van der Waals surface area contributed by atoms with Crippen LogP contribution in [0.3, 0.4) is 0 Å². The normalized spacial score (nSPS) is 20.4. The van der Waals surface area contributed by atoms with Crippen molar-refractivity contribution in [3.8, 4) is 0 Å². The number of thiophene rings is 1. The summed E-state index contributed by atoms with van der Waals surface area (Å²) >= 11 is 2.58. The number of thioether (sulfide) groups is 1. The van der Waals surface area contributed by atoms with Crippen LogP contribution in [0.15, 0.2) is 40.5 Å². The molecule has 5 rings (SSSR count). The van der Waals surface area contributed by atoms with Crippen LogP contribution in [0.2, 0.25) is 0 Å². The van der Waals surface area contributed by atoms with Crippen LogP contribution in [-0.4, -0.2) is 41.2 Å². The van der Waals surface area contributed by atoms with E-state index in [1.807, 2.05) is 31.2 Å². The number of carbonyl (C=O) groups excluding carboxylic acids is 3. The van der Waals surface area contributed by atoms with Crippen LogP contribution in [0.1, 0.15) is 58.5 Å². The molecule has 2 aliphatic carbocycles. The molecule has 10 heteroatoms. The van der Waals surface area contributed by atoms with Gasteiger partial charge in [-0.05, 0) is 68.7 Å². The van der Waals surface area contributed by atoms with Gasteiger partial charge in [0, 0.05) is 16.6 Å². The number of benzene rings is 1. The number of hydrogen-bond acceptors (Lipinski definition) is 8. The fraction of sp³-hybridized carbons (Fsp3) is 0.407. The van der Waals surface area contributed by atoms with Crippen molar-refractivity contribution in [2.45, 2.75) is 63.2 Å². The highest BCUT2D eigenvalue weighted by molar-refractivity contribution is 8.16. The minimum atomic E-state index is -0.851. The average Bonchev–Trinajstić information content (AvgIpc) is 3.58. The van der Waals surface area contributed by atoms with Gasteiger partial charge < -0.3 is 21.1 Å². The number of esters is 1. The van der Waals surface area contributed by atoms with Crippen molar-refractivity contribution in [1.82, 2.24) is 5.32 Å². The summed E-state index contributed by atoms with van der Waals surface area (Å²) in [6.07, 6.45) is 6.67. The first-order valence-electron chi connectivity index (χ1n) is 12.5. The maximum atomic E-state index is 13.5. The molecule has 1 aromatic carbocycles. The molecule has 1 fully saturated rings. The molecule has 2 aromatic rings. The van der Waals surface area contributed by atoms with E-state index in [1.54, 1.807) is 0 Å². The van der Waals surface area contributed by atoms with Gasteiger partial charge in [0.15, 0.2) is 0 Å². The molecule has 0 unspecified atom stereocenters. The molecule has 3 aliphatic rings. The summed E-state index contributed by atoms with van der Waals surface area (Å²) in [4.78, 5) is 45.2. The Hall–Kier alpha value is -3.11. The number of amides is 2. The fourth-order valence-electron chi connectivity index (χ4n) is 4.62. The summed E-state index contributed by atoms with van der Waals surface area (Å²) < 4.78 is 5.06. The van der Waals surface area contributed by atoms with Crippen LogP contribution in [0, 0.1) is 6.92 Å². The highest BCUT2D eigenvalue weighted by Crippen LogP contribution is 2.40. The lowest BCUT2D eigenvalue weighted by Crippen LogP contribution is -2.32. The third-order valence-electron chi connectivity index (χ3n) is 6.67. The zero-order valence-corrected chi connectivity index (χ0v) is 22.5. The van der Waals surface area contributed by atoms with Gasteiger partial charge in [-0.2, -0.15) is 0 Å². The van der Waals surface area contributed by atoms with Gasteiger partial charge in [0.1, 0.15) is 15.3 Å². The summed E-state index contributed by atoms with van der Waals surface area (Å²) in [6.45, 7) is 1.97. The number of ether oxygens (including phenoxy) is 1. The number of aryl methyl sites for hydroxylation is 2. The minimum absolute atomic E-state index is 0.134. The molecule has 2 amide bonds. The summed E-state index contributed by atoms with van der Waals surface area (Å²) in [5.41, 5.74) is 10.00. The summed E-state index contributed by atoms with van der Waals surface area (Å²) in [7, 11) is 1.35. The first-order chi connectivity index (χ1) is 17.9. The van der Waals surface area contributed by atoms with E-state index in [-0.39, 0.29) is 23.2 Å². The monoisotopic (exact) mass is 538 g/mol. The minimum Gasteiger partial charge on any atom is -0.465 e. The molecule has 1 atom stereocenters. The zero-order valence-electron chi connectivity index (χ0n) is 20.9. The predicted molar refractivity (Wildman–Crippen MR) is 148 cm³/mol. The Morgan fingerprint density at radius 1 is 1.14 bits per heavy atom. The van der Waals surface area contributed by atoms with Crippen molar-refractivity contribution in [1.29, 1.82) is 0 Å². The lowest BCUT2D eigenvalue weighted by atomic mass is 10.1. The summed E-state index contributed by atoms with van der Waals surface area (Å²) in [5, 5.41) is 5.95. The quantitative estimate of drug-likeness (QED) is 0.370. The van der Waals surface area contributed by atoms with Gasteiger partial charge in [-0.15, -0.1) is 11.3 Å². The number of aliphatic imine (C=N–C) groups is 1. The fourth-order valence-corrected chi connectivity index (χ4v) is 7.02. The van der Waals surface area contributed by atoms with Crippen molar-refractivity contribution < 1.29 is 19.1 Å². The molecule has 4 N–H and O–H groups in total. The van der Waals surface area contributed by atoms with E-state index in [1.165, 1.54) is 18.4 Å². The smallest absolute Gasteiger partial charge is 0.341 e. The van der Waals surface area contributed by atoms with Crippen LogP contribution in [0.5, 0.6) is 0 Å². The standard InChI is InChI=1S/C27H30N4O4S2/c1-14-7-6-8-16(13-14)30-26-20(23(32)29-15-11-12-15)21(28)22(37-26)24(33)31-25-19(27(34)35-2)17-9-4-3-5-10-18(17)36-25/h6-8,13,15,22H,3-5,9-12,28H2,1-2H3,(H,29,32)(H,31,33)/t22-/m1/s1. The number of anilines is 1. The number of fused-ring (bicyclic) bond motifs is 1. The first-order valence-corrected chi connectivity index (χ1v) is 14.2. The molecule has 8 nitrogen and oxygen atoms in total. The van der Waals surface area contributed by atoms with Crippen LogP contribution in [0.25, 0.3) is 0 Å². The van der Waals surface area contributed by atoms with Crippen molar-refractivity contribution >= 4 is 56.6 Å². The molecule has 0 spiro atoms. The Labute approximate surface area is 224 Å². The van der Waals surface area contributed by atoms with E-state index < -0.39 is 17.1 Å². The number of hydrogen-bond donors (Lipinski definition) is 3. The maximum Gasteiger partial charge on any atom is 0.341 e. The van der Waals surface area contributed by atoms with Gasteiger partial charge in [-0.1, -0.05) is 30.3 Å². The molecule has 0 bridgehead atoms. The molecular weight excluding hydrogens is 508 g/mol. The lowest BCUT2D eigenvalue weighted by molar-refractivity contribution is -0.117. The topological polar surface area (TPSA) is 123 Å². The van der Waals surface area contributed by atoms with E-state index in [4.69, 9.17) is 15.5 Å². The van der Waals surface area contributed by atoms with Gasteiger partial charge in [0.25, 0.3) is 5.91 Å². The SMILES string of the molecule is COC(=O)c1c(NC(=O)[C@@H]2SC(=Nc3cccc(C)c3)C(C(=O)NC3CC3)=C2N)sc2c1CCCCC2. The van der Waals surface area contributed by atoms with Crippen LogP contribution < -0.4 is 16.4 Å². The van der Waals surface area contributed by atoms with E-state index in [0.29, 0.717) is 21.3 Å². The number of nitrogens with zero attached hydrogens (tertiary/aromatic N) is 1. The molecule has 194 valence electrons. The molecule has 0 radical (unpaired) electrons. The Kier molecular flexibility index (Phi) is 7.39. The molecule has 37 heavy (non-hydrogen) atoms. The van der Waals surface area contributed by atoms with E-state index >= 15 is 0 Å². The molecule has 1 saturated carbocycles. The predicted octanol–water partition coefficient (Wildman–Crippen LogP) is 4.39. The average molecular weight is 539 g/mol. The number of nitrogens with one attached hydrogen (secondary N) is 2. The van der Waals surface area contributed by atoms with Gasteiger partial charge >= 0.3 is 5.97 Å². The Morgan fingerprint density at radius 2 is 1.92 bits per heavy atom. The second-order valence-electron chi connectivity index (χ2n) is 9.58. The number of carbonyl (C=O) groups is 3. The first kappa shape index (κ1) is 25.5. The van der Waals surface area contributed by atoms with Crippen LogP contribution in [-0.2, 0) is 27.2 Å². The molecule has 1 aromatic heterocycles. The van der Waals surface area contributed by atoms with Gasteiger partial charge in [-0.3, -0.25) is 9.59 Å². The summed E-state index contributed by atoms with van der Waals surface area (Å²) in [5.74, 6) is -1.16. The third-order valence-corrected chi connectivity index (χ3v) is 9.10. The molecular formula is C27H30N4O4S2. The number of nitrogens with two attached hydrogens (primary N) is 1. The largest absolute Gasteiger partial charge is 0.465 e. The van der Waals surface area contributed by atoms with Crippen molar-refractivity contribution in [3.05, 3.63) is 57.1 Å². The lowest BCUT2D eigenvalue weighted by Gasteiger charge is -2.12. The van der Waals surface area contributed by atoms with Crippen LogP contribution in [0.4, 0.5) is 10.7 Å². The van der Waals surface area contributed by atoms with Gasteiger partial charge in [0.05, 0.1) is 23.9 Å². The van der Waals surface area contributed by atoms with Gasteiger partial charge in [0.2, 0.25) is 5.91 Å². The van der Waals surface area contributed by atoms with Crippen LogP contribution >= 0.6 is 23.1 Å². The number of methoxy groups -OCH3 is 1. The second kappa shape index (κ2) is 10.7. The third kappa shape index (κ3) is 5.45. The summed E-state index contributed by atoms with van der Waals surface area (Å²) in [6, 6.07) is 7.76. The highest BCUT2D eigenvalue weighted by atomic mass is 32.2. The maximum absolute atomic E-state index is 13.5. The van der Waals surface area contributed by atoms with E-state index in [0.717, 1.165) is 72.7 Å². The van der Waals surface area contributed by atoms with Crippen molar-refractivity contribution in [2.75, 3.05) is 12.4 Å².